The SMILES string of the molecule is NC(=O)CCC(=O)NO.[N-]=[N+]=Nc1ccc(C(=O)O)c(O)c1. The van der Waals surface area contributed by atoms with E-state index >= 15 is 0 Å². The zero-order valence-electron chi connectivity index (χ0n) is 11.1. The molecule has 0 spiro atoms. The van der Waals surface area contributed by atoms with Crippen LogP contribution in [0.1, 0.15) is 23.2 Å². The van der Waals surface area contributed by atoms with Crippen molar-refractivity contribution in [2.75, 3.05) is 0 Å². The van der Waals surface area contributed by atoms with Crippen LogP contribution in [0.2, 0.25) is 0 Å². The lowest BCUT2D eigenvalue weighted by Crippen LogP contribution is -2.21. The van der Waals surface area contributed by atoms with Crippen molar-refractivity contribution in [3.63, 3.8) is 0 Å². The Morgan fingerprint density at radius 3 is 2.36 bits per heavy atom. The molecule has 0 saturated carbocycles. The van der Waals surface area contributed by atoms with Gasteiger partial charge in [0.2, 0.25) is 11.8 Å². The van der Waals surface area contributed by atoms with Crippen molar-refractivity contribution in [1.82, 2.24) is 5.48 Å². The fraction of sp³-hybridized carbons (Fsp3) is 0.182. The van der Waals surface area contributed by atoms with Gasteiger partial charge in [0.05, 0.1) is 0 Å². The van der Waals surface area contributed by atoms with Gasteiger partial charge < -0.3 is 15.9 Å². The molecule has 118 valence electrons. The summed E-state index contributed by atoms with van der Waals surface area (Å²) < 4.78 is 0. The molecule has 2 amide bonds. The van der Waals surface area contributed by atoms with Crippen LogP contribution in [0.5, 0.6) is 5.75 Å². The highest BCUT2D eigenvalue weighted by molar-refractivity contribution is 5.91. The van der Waals surface area contributed by atoms with Gasteiger partial charge >= 0.3 is 5.97 Å². The summed E-state index contributed by atoms with van der Waals surface area (Å²) in [5.74, 6) is -2.81. The number of hydrogen-bond acceptors (Lipinski definition) is 6. The molecule has 6 N–H and O–H groups in total. The number of aromatic hydroxyl groups is 1. The van der Waals surface area contributed by atoms with Gasteiger partial charge in [0, 0.05) is 23.4 Å². The third-order valence-electron chi connectivity index (χ3n) is 2.10. The van der Waals surface area contributed by atoms with Crippen LogP contribution in [0, 0.1) is 0 Å². The Morgan fingerprint density at radius 2 is 1.95 bits per heavy atom. The number of hydrogen-bond donors (Lipinski definition) is 5. The van der Waals surface area contributed by atoms with Crippen LogP contribution in [0.25, 0.3) is 10.4 Å². The van der Waals surface area contributed by atoms with Gasteiger partial charge in [-0.1, -0.05) is 11.2 Å². The highest BCUT2D eigenvalue weighted by Gasteiger charge is 2.08. The minimum atomic E-state index is -1.23. The molecule has 1 aromatic carbocycles. The summed E-state index contributed by atoms with van der Waals surface area (Å²) in [6, 6.07) is 3.56. The Bertz CT molecular complexity index is 611. The molecule has 0 radical (unpaired) electrons. The third-order valence-corrected chi connectivity index (χ3v) is 2.10. The molecule has 0 fully saturated rings. The number of primary amides is 1. The first-order valence-electron chi connectivity index (χ1n) is 5.64. The minimum Gasteiger partial charge on any atom is -0.507 e. The standard InChI is InChI=1S/C7H5N3O3.C4H8N2O3/c8-10-9-4-1-2-5(7(12)13)6(11)3-4;5-3(7)1-2-4(8)6-9/h1-3,11H,(H,12,13);9H,1-2H2,(H2,5,7)(H,6,8). The topological polar surface area (TPSA) is 199 Å². The quantitative estimate of drug-likeness (QED) is 0.175. The number of nitrogens with zero attached hydrogens (tertiary/aromatic N) is 3. The van der Waals surface area contributed by atoms with E-state index in [0.717, 1.165) is 6.07 Å². The van der Waals surface area contributed by atoms with E-state index in [9.17, 15) is 14.4 Å². The van der Waals surface area contributed by atoms with Gasteiger partial charge in [-0.05, 0) is 17.7 Å². The number of rotatable bonds is 5. The molecule has 0 aromatic heterocycles. The summed E-state index contributed by atoms with van der Waals surface area (Å²) in [4.78, 5) is 33.0. The van der Waals surface area contributed by atoms with Crippen LogP contribution < -0.4 is 11.2 Å². The second-order valence-electron chi connectivity index (χ2n) is 3.70. The zero-order valence-corrected chi connectivity index (χ0v) is 11.1. The molecular weight excluding hydrogens is 298 g/mol. The number of benzene rings is 1. The number of carbonyl (C=O) groups excluding carboxylic acids is 2. The second-order valence-corrected chi connectivity index (χ2v) is 3.70. The van der Waals surface area contributed by atoms with Crippen LogP contribution in [0.4, 0.5) is 5.69 Å². The van der Waals surface area contributed by atoms with Crippen molar-refractivity contribution in [1.29, 1.82) is 0 Å². The van der Waals surface area contributed by atoms with Crippen LogP contribution in [-0.4, -0.2) is 33.2 Å². The zero-order chi connectivity index (χ0) is 17.1. The maximum absolute atomic E-state index is 10.4. The third kappa shape index (κ3) is 7.33. The summed E-state index contributed by atoms with van der Waals surface area (Å²) >= 11 is 0. The number of carboxylic acid groups (broad SMARTS) is 1. The van der Waals surface area contributed by atoms with Gasteiger partial charge in [-0.25, -0.2) is 10.3 Å². The summed E-state index contributed by atoms with van der Waals surface area (Å²) in [6.45, 7) is 0. The van der Waals surface area contributed by atoms with Crippen LogP contribution in [0.3, 0.4) is 0 Å². The first kappa shape index (κ1) is 18.7. The molecule has 1 aromatic rings. The van der Waals surface area contributed by atoms with Crippen molar-refractivity contribution in [3.8, 4) is 5.75 Å². The lowest BCUT2D eigenvalue weighted by atomic mass is 10.2. The number of carbonyl (C=O) groups is 3. The molecule has 11 heteroatoms. The van der Waals surface area contributed by atoms with Gasteiger partial charge in [-0.15, -0.1) is 0 Å². The number of aromatic carboxylic acids is 1. The van der Waals surface area contributed by atoms with E-state index < -0.39 is 23.5 Å². The first-order valence-corrected chi connectivity index (χ1v) is 5.64. The number of nitrogens with one attached hydrogen (secondary N) is 1. The fourth-order valence-corrected chi connectivity index (χ4v) is 1.11. The summed E-state index contributed by atoms with van der Waals surface area (Å²) in [5.41, 5.74) is 14.1. The Balaban J connectivity index is 0.000000433. The van der Waals surface area contributed by atoms with Crippen molar-refractivity contribution >= 4 is 23.5 Å². The summed E-state index contributed by atoms with van der Waals surface area (Å²) in [7, 11) is 0. The van der Waals surface area contributed by atoms with E-state index in [4.69, 9.17) is 26.7 Å². The van der Waals surface area contributed by atoms with E-state index in [2.05, 4.69) is 10.0 Å². The lowest BCUT2D eigenvalue weighted by Gasteiger charge is -1.98. The Labute approximate surface area is 123 Å². The normalized spacial score (nSPS) is 8.77. The van der Waals surface area contributed by atoms with E-state index in [1.165, 1.54) is 17.6 Å². The maximum Gasteiger partial charge on any atom is 0.339 e. The van der Waals surface area contributed by atoms with Crippen LogP contribution >= 0.6 is 0 Å². The van der Waals surface area contributed by atoms with E-state index in [1.807, 2.05) is 0 Å². The monoisotopic (exact) mass is 311 g/mol. The van der Waals surface area contributed by atoms with Crippen LogP contribution in [-0.2, 0) is 9.59 Å². The Kier molecular flexibility index (Phi) is 8.14. The summed E-state index contributed by atoms with van der Waals surface area (Å²) in [6.07, 6.45) is -0.0990. The number of nitrogens with two attached hydrogens (primary N) is 1. The smallest absolute Gasteiger partial charge is 0.339 e. The van der Waals surface area contributed by atoms with E-state index in [-0.39, 0.29) is 24.1 Å². The number of carboxylic acids is 1. The predicted molar refractivity (Wildman–Crippen MR) is 72.2 cm³/mol. The fourth-order valence-electron chi connectivity index (χ4n) is 1.11. The van der Waals surface area contributed by atoms with Gasteiger partial charge in [-0.2, -0.15) is 0 Å². The van der Waals surface area contributed by atoms with Crippen LogP contribution in [0.15, 0.2) is 23.3 Å². The maximum atomic E-state index is 10.4. The molecule has 0 aliphatic rings. The average molecular weight is 311 g/mol. The number of phenols is 1. The highest BCUT2D eigenvalue weighted by atomic mass is 16.5. The summed E-state index contributed by atoms with van der Waals surface area (Å²) in [5, 5.41) is 28.7. The largest absolute Gasteiger partial charge is 0.507 e. The number of hydroxylamine groups is 1. The molecule has 0 heterocycles. The Morgan fingerprint density at radius 1 is 1.32 bits per heavy atom. The van der Waals surface area contributed by atoms with E-state index in [0.29, 0.717) is 0 Å². The van der Waals surface area contributed by atoms with Crippen molar-refractivity contribution in [3.05, 3.63) is 34.2 Å². The highest BCUT2D eigenvalue weighted by Crippen LogP contribution is 2.23. The van der Waals surface area contributed by atoms with E-state index in [1.54, 1.807) is 0 Å². The first-order chi connectivity index (χ1) is 10.3. The molecular formula is C11H13N5O6. The molecule has 1 rings (SSSR count). The van der Waals surface area contributed by atoms with Crippen molar-refractivity contribution in [2.24, 2.45) is 10.8 Å². The number of azide groups is 1. The minimum absolute atomic E-state index is 0.0353. The average Bonchev–Trinajstić information content (AvgIpc) is 2.45. The molecule has 0 bridgehead atoms. The van der Waals surface area contributed by atoms with Gasteiger partial charge in [0.15, 0.2) is 0 Å². The molecule has 22 heavy (non-hydrogen) atoms. The van der Waals surface area contributed by atoms with Crippen molar-refractivity contribution in [2.45, 2.75) is 12.8 Å². The predicted octanol–water partition coefficient (Wildman–Crippen LogP) is 0.789. The molecule has 0 aliphatic heterocycles. The molecule has 0 aliphatic carbocycles. The molecule has 0 unspecified atom stereocenters. The lowest BCUT2D eigenvalue weighted by molar-refractivity contribution is -0.131. The number of amides is 2. The molecule has 0 atom stereocenters. The second kappa shape index (κ2) is 9.58. The van der Waals surface area contributed by atoms with Gasteiger partial charge in [0.25, 0.3) is 0 Å². The van der Waals surface area contributed by atoms with Crippen molar-refractivity contribution < 1.29 is 29.8 Å². The molecule has 11 nitrogen and oxygen atoms in total. The Hall–Kier alpha value is -3.30. The van der Waals surface area contributed by atoms with Gasteiger partial charge in [0.1, 0.15) is 11.3 Å². The van der Waals surface area contributed by atoms with Gasteiger partial charge in [-0.3, -0.25) is 14.8 Å². The molecule has 0 saturated heterocycles.